The molecule has 0 aliphatic carbocycles. The molecule has 1 atom stereocenters. The molecule has 0 radical (unpaired) electrons. The molecule has 7 heteroatoms. The highest BCUT2D eigenvalue weighted by Gasteiger charge is 2.38. The summed E-state index contributed by atoms with van der Waals surface area (Å²) >= 11 is 0. The summed E-state index contributed by atoms with van der Waals surface area (Å²) in [5, 5.41) is 0. The molecule has 0 spiro atoms. The standard InChI is InChI=1S/C26H30N2O5/c1-31-22-5-2-18(3-6-22)14-19-8-10-27(11-9-19)26(30)20-15-25(29)28(17-20)21-4-7-23-24(16-21)33-13-12-32-23/h2-7,16,19-20H,8-15,17H2,1H3. The zero-order valence-electron chi connectivity index (χ0n) is 19.0. The normalized spacial score (nSPS) is 20.8. The number of anilines is 1. The van der Waals surface area contributed by atoms with Crippen molar-refractivity contribution in [1.29, 1.82) is 0 Å². The van der Waals surface area contributed by atoms with Gasteiger partial charge < -0.3 is 24.0 Å². The van der Waals surface area contributed by atoms with Gasteiger partial charge in [0.1, 0.15) is 19.0 Å². The number of carbonyl (C=O) groups excluding carboxylic acids is 2. The van der Waals surface area contributed by atoms with Crippen molar-refractivity contribution in [3.8, 4) is 17.2 Å². The fourth-order valence-electron chi connectivity index (χ4n) is 5.03. The van der Waals surface area contributed by atoms with Crippen molar-refractivity contribution in [3.63, 3.8) is 0 Å². The van der Waals surface area contributed by atoms with Crippen molar-refractivity contribution in [2.45, 2.75) is 25.7 Å². The van der Waals surface area contributed by atoms with Crippen LogP contribution in [0, 0.1) is 11.8 Å². The number of hydrogen-bond donors (Lipinski definition) is 0. The summed E-state index contributed by atoms with van der Waals surface area (Å²) in [5.41, 5.74) is 2.06. The van der Waals surface area contributed by atoms with E-state index in [1.54, 1.807) is 12.0 Å². The first-order valence-electron chi connectivity index (χ1n) is 11.7. The largest absolute Gasteiger partial charge is 0.497 e. The van der Waals surface area contributed by atoms with E-state index >= 15 is 0 Å². The zero-order valence-corrected chi connectivity index (χ0v) is 19.0. The van der Waals surface area contributed by atoms with Crippen LogP contribution in [-0.4, -0.2) is 56.7 Å². The third-order valence-electron chi connectivity index (χ3n) is 6.92. The molecule has 1 unspecified atom stereocenters. The van der Waals surface area contributed by atoms with Crippen molar-refractivity contribution in [1.82, 2.24) is 4.90 Å². The first-order chi connectivity index (χ1) is 16.1. The highest BCUT2D eigenvalue weighted by atomic mass is 16.6. The Morgan fingerprint density at radius 1 is 1.03 bits per heavy atom. The lowest BCUT2D eigenvalue weighted by Crippen LogP contribution is -2.42. The first kappa shape index (κ1) is 21.6. The number of likely N-dealkylation sites (tertiary alicyclic amines) is 1. The van der Waals surface area contributed by atoms with E-state index in [1.165, 1.54) is 5.56 Å². The van der Waals surface area contributed by atoms with Gasteiger partial charge in [-0.2, -0.15) is 0 Å². The molecular weight excluding hydrogens is 420 g/mol. The van der Waals surface area contributed by atoms with Crippen LogP contribution >= 0.6 is 0 Å². The molecule has 0 saturated carbocycles. The van der Waals surface area contributed by atoms with Crippen LogP contribution in [0.5, 0.6) is 17.2 Å². The van der Waals surface area contributed by atoms with Crippen molar-refractivity contribution in [2.75, 3.05) is 44.9 Å². The molecule has 7 nitrogen and oxygen atoms in total. The molecule has 2 saturated heterocycles. The molecule has 0 N–H and O–H groups in total. The maximum Gasteiger partial charge on any atom is 0.228 e. The van der Waals surface area contributed by atoms with Gasteiger partial charge in [0, 0.05) is 37.8 Å². The summed E-state index contributed by atoms with van der Waals surface area (Å²) in [6, 6.07) is 13.8. The number of rotatable bonds is 5. The van der Waals surface area contributed by atoms with Crippen LogP contribution in [0.15, 0.2) is 42.5 Å². The van der Waals surface area contributed by atoms with Gasteiger partial charge in [0.2, 0.25) is 11.8 Å². The van der Waals surface area contributed by atoms with Crippen LogP contribution in [0.2, 0.25) is 0 Å². The monoisotopic (exact) mass is 450 g/mol. The average molecular weight is 451 g/mol. The van der Waals surface area contributed by atoms with Crippen molar-refractivity contribution >= 4 is 17.5 Å². The van der Waals surface area contributed by atoms with Gasteiger partial charge >= 0.3 is 0 Å². The lowest BCUT2D eigenvalue weighted by Gasteiger charge is -2.33. The number of ether oxygens (including phenoxy) is 3. The van der Waals surface area contributed by atoms with Gasteiger partial charge in [0.25, 0.3) is 0 Å². The second kappa shape index (κ2) is 9.33. The summed E-state index contributed by atoms with van der Waals surface area (Å²) in [6.45, 7) is 2.97. The maximum atomic E-state index is 13.2. The van der Waals surface area contributed by atoms with Gasteiger partial charge in [-0.15, -0.1) is 0 Å². The van der Waals surface area contributed by atoms with Crippen molar-refractivity contribution in [2.24, 2.45) is 11.8 Å². The summed E-state index contributed by atoms with van der Waals surface area (Å²) in [7, 11) is 1.68. The maximum absolute atomic E-state index is 13.2. The molecule has 0 aromatic heterocycles. The number of fused-ring (bicyclic) bond motifs is 1. The SMILES string of the molecule is COc1ccc(CC2CCN(C(=O)C3CC(=O)N(c4ccc5c(c4)OCCO5)C3)CC2)cc1. The molecule has 2 aromatic carbocycles. The minimum atomic E-state index is -0.288. The fraction of sp³-hybridized carbons (Fsp3) is 0.462. The van der Waals surface area contributed by atoms with E-state index in [0.29, 0.717) is 37.2 Å². The third-order valence-corrected chi connectivity index (χ3v) is 6.92. The Morgan fingerprint density at radius 3 is 2.48 bits per heavy atom. The van der Waals surface area contributed by atoms with E-state index in [2.05, 4.69) is 12.1 Å². The minimum Gasteiger partial charge on any atom is -0.497 e. The first-order valence-corrected chi connectivity index (χ1v) is 11.7. The second-order valence-corrected chi connectivity index (χ2v) is 9.05. The highest BCUT2D eigenvalue weighted by Crippen LogP contribution is 2.36. The summed E-state index contributed by atoms with van der Waals surface area (Å²) in [6.07, 6.45) is 3.26. The molecule has 3 heterocycles. The molecule has 33 heavy (non-hydrogen) atoms. The number of hydrogen-bond acceptors (Lipinski definition) is 5. The lowest BCUT2D eigenvalue weighted by molar-refractivity contribution is -0.137. The van der Waals surface area contributed by atoms with Crippen LogP contribution in [0.25, 0.3) is 0 Å². The summed E-state index contributed by atoms with van der Waals surface area (Å²) in [4.78, 5) is 29.6. The number of methoxy groups -OCH3 is 1. The number of carbonyl (C=O) groups is 2. The molecule has 2 amide bonds. The Balaban J connectivity index is 1.16. The van der Waals surface area contributed by atoms with E-state index in [1.807, 2.05) is 35.2 Å². The van der Waals surface area contributed by atoms with Crippen LogP contribution < -0.4 is 19.1 Å². The van der Waals surface area contributed by atoms with Gasteiger partial charge in [0.15, 0.2) is 11.5 Å². The molecule has 3 aliphatic heterocycles. The van der Waals surface area contributed by atoms with E-state index in [-0.39, 0.29) is 24.2 Å². The highest BCUT2D eigenvalue weighted by molar-refractivity contribution is 6.00. The number of amides is 2. The van der Waals surface area contributed by atoms with E-state index in [0.717, 1.165) is 43.8 Å². The van der Waals surface area contributed by atoms with Crippen LogP contribution in [0.4, 0.5) is 5.69 Å². The molecular formula is C26H30N2O5. The Morgan fingerprint density at radius 2 is 1.76 bits per heavy atom. The Labute approximate surface area is 194 Å². The van der Waals surface area contributed by atoms with E-state index in [4.69, 9.17) is 14.2 Å². The van der Waals surface area contributed by atoms with Gasteiger partial charge in [-0.3, -0.25) is 9.59 Å². The molecule has 3 aliphatic rings. The summed E-state index contributed by atoms with van der Waals surface area (Å²) in [5.74, 6) is 2.59. The van der Waals surface area contributed by atoms with Crippen LogP contribution in [-0.2, 0) is 16.0 Å². The molecule has 5 rings (SSSR count). The van der Waals surface area contributed by atoms with Crippen molar-refractivity contribution < 1.29 is 23.8 Å². The van der Waals surface area contributed by atoms with Gasteiger partial charge in [-0.25, -0.2) is 0 Å². The zero-order chi connectivity index (χ0) is 22.8. The molecule has 174 valence electrons. The van der Waals surface area contributed by atoms with Crippen molar-refractivity contribution in [3.05, 3.63) is 48.0 Å². The van der Waals surface area contributed by atoms with E-state index < -0.39 is 0 Å². The second-order valence-electron chi connectivity index (χ2n) is 9.05. The molecule has 0 bridgehead atoms. The van der Waals surface area contributed by atoms with Gasteiger partial charge in [0.05, 0.1) is 13.0 Å². The van der Waals surface area contributed by atoms with E-state index in [9.17, 15) is 9.59 Å². The fourth-order valence-corrected chi connectivity index (χ4v) is 5.03. The lowest BCUT2D eigenvalue weighted by atomic mass is 9.89. The number of benzene rings is 2. The average Bonchev–Trinajstić information content (AvgIpc) is 3.26. The van der Waals surface area contributed by atoms with Gasteiger partial charge in [-0.05, 0) is 55.0 Å². The Hall–Kier alpha value is -3.22. The summed E-state index contributed by atoms with van der Waals surface area (Å²) < 4.78 is 16.4. The predicted molar refractivity (Wildman–Crippen MR) is 124 cm³/mol. The smallest absolute Gasteiger partial charge is 0.228 e. The van der Waals surface area contributed by atoms with Gasteiger partial charge in [-0.1, -0.05) is 12.1 Å². The Bertz CT molecular complexity index is 1010. The number of nitrogens with zero attached hydrogens (tertiary/aromatic N) is 2. The molecule has 2 fully saturated rings. The number of piperidine rings is 1. The topological polar surface area (TPSA) is 68.3 Å². The third kappa shape index (κ3) is 4.63. The molecule has 2 aromatic rings. The minimum absolute atomic E-state index is 0.0144. The quantitative estimate of drug-likeness (QED) is 0.699. The predicted octanol–water partition coefficient (Wildman–Crippen LogP) is 3.30. The van der Waals surface area contributed by atoms with Crippen LogP contribution in [0.3, 0.4) is 0 Å². The van der Waals surface area contributed by atoms with Crippen LogP contribution in [0.1, 0.15) is 24.8 Å². The Kier molecular flexibility index (Phi) is 6.11.